The van der Waals surface area contributed by atoms with Gasteiger partial charge in [-0.15, -0.1) is 22.7 Å². The highest BCUT2D eigenvalue weighted by Crippen LogP contribution is 2.30. The lowest BCUT2D eigenvalue weighted by atomic mass is 10.2. The molecule has 114 valence electrons. The second-order valence-electron chi connectivity index (χ2n) is 4.63. The van der Waals surface area contributed by atoms with Crippen molar-refractivity contribution < 1.29 is 0 Å². The normalized spacial score (nSPS) is 11.3. The zero-order valence-corrected chi connectivity index (χ0v) is 14.5. The van der Waals surface area contributed by atoms with Gasteiger partial charge in [-0.1, -0.05) is 29.8 Å². The minimum Gasteiger partial charge on any atom is -0.337 e. The Bertz CT molecular complexity index is 905. The molecular formula is C16H11ClN4S2. The molecule has 0 amide bonds. The number of aryl methyl sites for hydroxylation is 1. The highest BCUT2D eigenvalue weighted by atomic mass is 35.5. The van der Waals surface area contributed by atoms with Crippen molar-refractivity contribution in [3.05, 3.63) is 56.9 Å². The summed E-state index contributed by atoms with van der Waals surface area (Å²) in [6.45, 7) is 1.90. The van der Waals surface area contributed by atoms with Crippen molar-refractivity contribution in [3.8, 4) is 17.3 Å². The summed E-state index contributed by atoms with van der Waals surface area (Å²) < 4.78 is 0. The van der Waals surface area contributed by atoms with Crippen LogP contribution in [0.15, 0.2) is 41.2 Å². The number of halogens is 1. The van der Waals surface area contributed by atoms with Crippen LogP contribution in [0.4, 0.5) is 5.13 Å². The molecule has 0 fully saturated rings. The first-order valence-electron chi connectivity index (χ1n) is 6.67. The van der Waals surface area contributed by atoms with E-state index < -0.39 is 0 Å². The van der Waals surface area contributed by atoms with E-state index in [0.717, 1.165) is 17.0 Å². The molecule has 0 saturated heterocycles. The topological polar surface area (TPSA) is 61.6 Å². The molecule has 23 heavy (non-hydrogen) atoms. The molecule has 7 heteroatoms. The minimum absolute atomic E-state index is 0.484. The summed E-state index contributed by atoms with van der Waals surface area (Å²) >= 11 is 9.08. The molecule has 0 aliphatic carbocycles. The van der Waals surface area contributed by atoms with Crippen LogP contribution in [-0.4, -0.2) is 9.97 Å². The van der Waals surface area contributed by atoms with E-state index in [0.29, 0.717) is 20.7 Å². The number of thiazole rings is 2. The second kappa shape index (κ2) is 6.92. The van der Waals surface area contributed by atoms with Crippen LogP contribution in [0.1, 0.15) is 10.7 Å². The fourth-order valence-electron chi connectivity index (χ4n) is 1.89. The quantitative estimate of drug-likeness (QED) is 0.650. The lowest BCUT2D eigenvalue weighted by molar-refractivity contribution is 1.24. The zero-order valence-electron chi connectivity index (χ0n) is 12.1. The first-order valence-corrected chi connectivity index (χ1v) is 8.81. The summed E-state index contributed by atoms with van der Waals surface area (Å²) in [5.74, 6) is 0. The van der Waals surface area contributed by atoms with Crippen LogP contribution in [0.3, 0.4) is 0 Å². The summed E-state index contributed by atoms with van der Waals surface area (Å²) in [4.78, 5) is 8.81. The highest BCUT2D eigenvalue weighted by molar-refractivity contribution is 7.14. The summed E-state index contributed by atoms with van der Waals surface area (Å²) in [6.07, 6.45) is 1.63. The predicted molar refractivity (Wildman–Crippen MR) is 96.6 cm³/mol. The van der Waals surface area contributed by atoms with Gasteiger partial charge in [-0.25, -0.2) is 9.97 Å². The number of rotatable bonds is 4. The summed E-state index contributed by atoms with van der Waals surface area (Å²) in [6, 6.07) is 9.72. The van der Waals surface area contributed by atoms with Gasteiger partial charge in [0.25, 0.3) is 0 Å². The van der Waals surface area contributed by atoms with E-state index in [1.54, 1.807) is 6.20 Å². The fourth-order valence-corrected chi connectivity index (χ4v) is 3.56. The molecule has 1 N–H and O–H groups in total. The van der Waals surface area contributed by atoms with Crippen LogP contribution in [0, 0.1) is 18.3 Å². The number of nitriles is 1. The van der Waals surface area contributed by atoms with Crippen molar-refractivity contribution in [2.45, 2.75) is 6.92 Å². The first kappa shape index (κ1) is 15.7. The van der Waals surface area contributed by atoms with Crippen molar-refractivity contribution >= 4 is 45.0 Å². The van der Waals surface area contributed by atoms with Gasteiger partial charge in [0.15, 0.2) is 5.13 Å². The van der Waals surface area contributed by atoms with Crippen molar-refractivity contribution in [1.29, 1.82) is 5.26 Å². The number of aromatic nitrogens is 2. The van der Waals surface area contributed by atoms with Crippen LogP contribution in [0.2, 0.25) is 5.02 Å². The predicted octanol–water partition coefficient (Wildman–Crippen LogP) is 5.21. The Morgan fingerprint density at radius 3 is 2.78 bits per heavy atom. The number of allylic oxidation sites excluding steroid dienone is 1. The van der Waals surface area contributed by atoms with Crippen molar-refractivity contribution in [1.82, 2.24) is 9.97 Å². The lowest BCUT2D eigenvalue weighted by Gasteiger charge is -1.99. The molecule has 0 unspecified atom stereocenters. The second-order valence-corrected chi connectivity index (χ2v) is 6.75. The van der Waals surface area contributed by atoms with E-state index >= 15 is 0 Å². The average molecular weight is 359 g/mol. The molecule has 4 nitrogen and oxygen atoms in total. The number of hydrogen-bond donors (Lipinski definition) is 1. The molecule has 0 saturated carbocycles. The van der Waals surface area contributed by atoms with E-state index in [2.05, 4.69) is 21.4 Å². The maximum atomic E-state index is 9.26. The summed E-state index contributed by atoms with van der Waals surface area (Å²) in [7, 11) is 0. The number of nitrogens with zero attached hydrogens (tertiary/aromatic N) is 3. The van der Waals surface area contributed by atoms with Gasteiger partial charge >= 0.3 is 0 Å². The standard InChI is InChI=1S/C16H11ClN4S2/c1-10-8-22-15(20-10)11(6-18)7-19-16-21-14(9-23-16)12-4-2-3-5-13(12)17/h2-5,7-9H,1H3,(H,19,21)/b11-7+. The SMILES string of the molecule is Cc1csc(/C(C#N)=C/Nc2nc(-c3ccccc3Cl)cs2)n1. The molecule has 0 spiro atoms. The third kappa shape index (κ3) is 3.59. The van der Waals surface area contributed by atoms with Crippen LogP contribution in [0.25, 0.3) is 16.8 Å². The molecule has 3 rings (SSSR count). The maximum absolute atomic E-state index is 9.26. The van der Waals surface area contributed by atoms with Crippen LogP contribution >= 0.6 is 34.3 Å². The first-order chi connectivity index (χ1) is 11.2. The zero-order chi connectivity index (χ0) is 16.2. The van der Waals surface area contributed by atoms with Crippen LogP contribution in [0.5, 0.6) is 0 Å². The summed E-state index contributed by atoms with van der Waals surface area (Å²) in [5.41, 5.74) is 3.08. The van der Waals surface area contributed by atoms with E-state index in [1.807, 2.05) is 41.9 Å². The third-order valence-corrected chi connectivity index (χ3v) is 5.06. The number of hydrogen-bond acceptors (Lipinski definition) is 6. The van der Waals surface area contributed by atoms with Gasteiger partial charge < -0.3 is 5.32 Å². The number of benzene rings is 1. The Kier molecular flexibility index (Phi) is 4.72. The Balaban J connectivity index is 1.81. The molecular weight excluding hydrogens is 348 g/mol. The van der Waals surface area contributed by atoms with E-state index in [4.69, 9.17) is 11.6 Å². The van der Waals surface area contributed by atoms with E-state index in [-0.39, 0.29) is 0 Å². The number of anilines is 1. The molecule has 0 bridgehead atoms. The molecule has 0 atom stereocenters. The Morgan fingerprint density at radius 2 is 2.09 bits per heavy atom. The molecule has 0 radical (unpaired) electrons. The fraction of sp³-hybridized carbons (Fsp3) is 0.0625. The smallest absolute Gasteiger partial charge is 0.187 e. The highest BCUT2D eigenvalue weighted by Gasteiger charge is 2.08. The Labute approximate surface area is 146 Å². The average Bonchev–Trinajstić information content (AvgIpc) is 3.18. The molecule has 3 aromatic rings. The summed E-state index contributed by atoms with van der Waals surface area (Å²) in [5, 5.41) is 18.2. The van der Waals surface area contributed by atoms with Crippen molar-refractivity contribution in [2.24, 2.45) is 0 Å². The Morgan fingerprint density at radius 1 is 1.26 bits per heavy atom. The maximum Gasteiger partial charge on any atom is 0.187 e. The van der Waals surface area contributed by atoms with Gasteiger partial charge in [0.05, 0.1) is 5.69 Å². The van der Waals surface area contributed by atoms with Gasteiger partial charge in [-0.05, 0) is 13.0 Å². The largest absolute Gasteiger partial charge is 0.337 e. The van der Waals surface area contributed by atoms with E-state index in [1.165, 1.54) is 22.7 Å². The van der Waals surface area contributed by atoms with Crippen molar-refractivity contribution in [2.75, 3.05) is 5.32 Å². The van der Waals surface area contributed by atoms with E-state index in [9.17, 15) is 5.26 Å². The van der Waals surface area contributed by atoms with Gasteiger partial charge in [0.2, 0.25) is 0 Å². The molecule has 0 aliphatic rings. The molecule has 0 aliphatic heterocycles. The van der Waals surface area contributed by atoms with Crippen LogP contribution in [-0.2, 0) is 0 Å². The van der Waals surface area contributed by atoms with Crippen LogP contribution < -0.4 is 5.32 Å². The lowest BCUT2D eigenvalue weighted by Crippen LogP contribution is -1.90. The minimum atomic E-state index is 0.484. The van der Waals surface area contributed by atoms with Gasteiger partial charge in [-0.3, -0.25) is 0 Å². The van der Waals surface area contributed by atoms with Gasteiger partial charge in [0, 0.05) is 33.2 Å². The third-order valence-electron chi connectivity index (χ3n) is 2.96. The number of nitrogens with one attached hydrogen (secondary N) is 1. The van der Waals surface area contributed by atoms with Gasteiger partial charge in [-0.2, -0.15) is 5.26 Å². The van der Waals surface area contributed by atoms with Crippen molar-refractivity contribution in [3.63, 3.8) is 0 Å². The Hall–Kier alpha value is -2.20. The molecule has 2 aromatic heterocycles. The van der Waals surface area contributed by atoms with Gasteiger partial charge in [0.1, 0.15) is 16.6 Å². The monoisotopic (exact) mass is 358 g/mol. The molecule has 2 heterocycles. The molecule has 1 aromatic carbocycles.